The first kappa shape index (κ1) is 12.3. The Hall–Kier alpha value is -1.13. The van der Waals surface area contributed by atoms with Gasteiger partial charge in [-0.05, 0) is 24.6 Å². The summed E-state index contributed by atoms with van der Waals surface area (Å²) >= 11 is 4.96. The van der Waals surface area contributed by atoms with E-state index in [1.807, 2.05) is 36.6 Å². The summed E-state index contributed by atoms with van der Waals surface area (Å²) in [6.45, 7) is 2.01. The van der Waals surface area contributed by atoms with Crippen molar-refractivity contribution in [1.82, 2.24) is 0 Å². The Morgan fingerprint density at radius 2 is 1.94 bits per heavy atom. The lowest BCUT2D eigenvalue weighted by Crippen LogP contribution is -2.01. The van der Waals surface area contributed by atoms with Crippen LogP contribution < -0.4 is 0 Å². The molecule has 0 aliphatic heterocycles. The minimum absolute atomic E-state index is 0.285. The van der Waals surface area contributed by atoms with E-state index in [9.17, 15) is 4.79 Å². The number of hydrogen-bond donors (Lipinski definition) is 0. The standard InChI is InChI=1S/C13H11BrO2S/c1-8-12(9-3-5-10(14)6-4-9)11(7-17-8)13(15)16-2/h3-7H,1-2H3. The lowest BCUT2D eigenvalue weighted by atomic mass is 10.0. The number of esters is 1. The third-order valence-electron chi connectivity index (χ3n) is 2.51. The highest BCUT2D eigenvalue weighted by Gasteiger charge is 2.17. The molecule has 0 atom stereocenters. The summed E-state index contributed by atoms with van der Waals surface area (Å²) in [4.78, 5) is 12.8. The molecule has 0 saturated heterocycles. The van der Waals surface area contributed by atoms with Gasteiger partial charge in [0.2, 0.25) is 0 Å². The molecule has 4 heteroatoms. The van der Waals surface area contributed by atoms with E-state index >= 15 is 0 Å². The molecule has 0 spiro atoms. The van der Waals surface area contributed by atoms with Gasteiger partial charge in [0.15, 0.2) is 0 Å². The molecule has 0 aliphatic rings. The van der Waals surface area contributed by atoms with E-state index in [1.54, 1.807) is 11.3 Å². The molecule has 0 N–H and O–H groups in total. The van der Waals surface area contributed by atoms with Gasteiger partial charge in [-0.1, -0.05) is 28.1 Å². The molecule has 0 radical (unpaired) electrons. The van der Waals surface area contributed by atoms with Crippen LogP contribution in [0.1, 0.15) is 15.2 Å². The van der Waals surface area contributed by atoms with Crippen molar-refractivity contribution in [2.75, 3.05) is 7.11 Å². The quantitative estimate of drug-likeness (QED) is 0.774. The number of benzene rings is 1. The predicted octanol–water partition coefficient (Wildman–Crippen LogP) is 4.27. The van der Waals surface area contributed by atoms with Crippen LogP contribution in [-0.2, 0) is 4.74 Å². The van der Waals surface area contributed by atoms with E-state index in [-0.39, 0.29) is 5.97 Å². The van der Waals surface area contributed by atoms with Crippen LogP contribution in [0.2, 0.25) is 0 Å². The summed E-state index contributed by atoms with van der Waals surface area (Å²) in [5.41, 5.74) is 2.64. The van der Waals surface area contributed by atoms with E-state index < -0.39 is 0 Å². The zero-order chi connectivity index (χ0) is 12.4. The van der Waals surface area contributed by atoms with Crippen LogP contribution in [0.25, 0.3) is 11.1 Å². The molecule has 0 aliphatic carbocycles. The maximum atomic E-state index is 11.7. The normalized spacial score (nSPS) is 10.3. The number of carbonyl (C=O) groups is 1. The highest BCUT2D eigenvalue weighted by molar-refractivity contribution is 9.10. The Bertz CT molecular complexity index is 543. The second-order valence-electron chi connectivity index (χ2n) is 3.58. The first-order valence-electron chi connectivity index (χ1n) is 5.06. The molecule has 2 aromatic rings. The van der Waals surface area contributed by atoms with Crippen LogP contribution >= 0.6 is 27.3 Å². The van der Waals surface area contributed by atoms with Gasteiger partial charge in [-0.15, -0.1) is 11.3 Å². The Morgan fingerprint density at radius 3 is 2.53 bits per heavy atom. The SMILES string of the molecule is COC(=O)c1csc(C)c1-c1ccc(Br)cc1. The molecular weight excluding hydrogens is 300 g/mol. The summed E-state index contributed by atoms with van der Waals surface area (Å²) in [7, 11) is 1.40. The third kappa shape index (κ3) is 2.42. The van der Waals surface area contributed by atoms with Gasteiger partial charge in [0.1, 0.15) is 0 Å². The summed E-state index contributed by atoms with van der Waals surface area (Å²) in [6.07, 6.45) is 0. The third-order valence-corrected chi connectivity index (χ3v) is 3.95. The van der Waals surface area contributed by atoms with E-state index in [4.69, 9.17) is 4.74 Å². The van der Waals surface area contributed by atoms with Crippen LogP contribution in [-0.4, -0.2) is 13.1 Å². The van der Waals surface area contributed by atoms with Crippen molar-refractivity contribution in [3.63, 3.8) is 0 Å². The molecule has 0 unspecified atom stereocenters. The van der Waals surface area contributed by atoms with E-state index in [1.165, 1.54) is 7.11 Å². The Labute approximate surface area is 112 Å². The average Bonchev–Trinajstić information content (AvgIpc) is 2.71. The van der Waals surface area contributed by atoms with Gasteiger partial charge in [-0.2, -0.15) is 0 Å². The first-order chi connectivity index (χ1) is 8.13. The van der Waals surface area contributed by atoms with Gasteiger partial charge in [0.05, 0.1) is 12.7 Å². The summed E-state index contributed by atoms with van der Waals surface area (Å²) < 4.78 is 5.82. The zero-order valence-electron chi connectivity index (χ0n) is 9.49. The number of rotatable bonds is 2. The predicted molar refractivity (Wildman–Crippen MR) is 73.5 cm³/mol. The van der Waals surface area contributed by atoms with Gasteiger partial charge < -0.3 is 4.74 Å². The first-order valence-corrected chi connectivity index (χ1v) is 6.73. The number of methoxy groups -OCH3 is 1. The minimum atomic E-state index is -0.285. The molecule has 0 bridgehead atoms. The summed E-state index contributed by atoms with van der Waals surface area (Å²) in [6, 6.07) is 7.91. The van der Waals surface area contributed by atoms with Gasteiger partial charge in [0.25, 0.3) is 0 Å². The Balaban J connectivity index is 2.54. The number of thiophene rings is 1. The van der Waals surface area contributed by atoms with Crippen molar-refractivity contribution in [2.24, 2.45) is 0 Å². The molecule has 0 saturated carbocycles. The summed E-state index contributed by atoms with van der Waals surface area (Å²) in [5.74, 6) is -0.285. The Morgan fingerprint density at radius 1 is 1.29 bits per heavy atom. The molecule has 1 heterocycles. The van der Waals surface area contributed by atoms with Crippen molar-refractivity contribution < 1.29 is 9.53 Å². The molecule has 2 rings (SSSR count). The van der Waals surface area contributed by atoms with Crippen molar-refractivity contribution in [1.29, 1.82) is 0 Å². The number of hydrogen-bond acceptors (Lipinski definition) is 3. The smallest absolute Gasteiger partial charge is 0.339 e. The lowest BCUT2D eigenvalue weighted by molar-refractivity contribution is 0.0602. The van der Waals surface area contributed by atoms with E-state index in [2.05, 4.69) is 15.9 Å². The largest absolute Gasteiger partial charge is 0.465 e. The highest BCUT2D eigenvalue weighted by atomic mass is 79.9. The van der Waals surface area contributed by atoms with Crippen LogP contribution in [0.15, 0.2) is 34.1 Å². The van der Waals surface area contributed by atoms with Crippen molar-refractivity contribution in [3.05, 3.63) is 44.6 Å². The maximum absolute atomic E-state index is 11.7. The topological polar surface area (TPSA) is 26.3 Å². The summed E-state index contributed by atoms with van der Waals surface area (Å²) in [5, 5.41) is 1.85. The number of ether oxygens (including phenoxy) is 1. The molecule has 1 aromatic heterocycles. The number of halogens is 1. The lowest BCUT2D eigenvalue weighted by Gasteiger charge is -2.05. The van der Waals surface area contributed by atoms with Crippen molar-refractivity contribution >= 4 is 33.2 Å². The fraction of sp³-hybridized carbons (Fsp3) is 0.154. The second kappa shape index (κ2) is 5.02. The van der Waals surface area contributed by atoms with Crippen LogP contribution in [0.3, 0.4) is 0 Å². The molecule has 1 aromatic carbocycles. The van der Waals surface area contributed by atoms with Crippen LogP contribution in [0, 0.1) is 6.92 Å². The van der Waals surface area contributed by atoms with E-state index in [0.717, 1.165) is 20.5 Å². The average molecular weight is 311 g/mol. The molecule has 0 amide bonds. The molecule has 2 nitrogen and oxygen atoms in total. The highest BCUT2D eigenvalue weighted by Crippen LogP contribution is 2.33. The van der Waals surface area contributed by atoms with E-state index in [0.29, 0.717) is 5.56 Å². The fourth-order valence-electron chi connectivity index (χ4n) is 1.69. The van der Waals surface area contributed by atoms with Crippen LogP contribution in [0.5, 0.6) is 0 Å². The van der Waals surface area contributed by atoms with Gasteiger partial charge in [-0.25, -0.2) is 4.79 Å². The molecule has 0 fully saturated rings. The zero-order valence-corrected chi connectivity index (χ0v) is 11.9. The van der Waals surface area contributed by atoms with Gasteiger partial charge in [-0.3, -0.25) is 0 Å². The van der Waals surface area contributed by atoms with Crippen molar-refractivity contribution in [2.45, 2.75) is 6.92 Å². The second-order valence-corrected chi connectivity index (χ2v) is 5.58. The molecule has 17 heavy (non-hydrogen) atoms. The fourth-order valence-corrected chi connectivity index (χ4v) is 2.81. The number of aryl methyl sites for hydroxylation is 1. The van der Waals surface area contributed by atoms with Gasteiger partial charge >= 0.3 is 5.97 Å². The van der Waals surface area contributed by atoms with Crippen LogP contribution in [0.4, 0.5) is 0 Å². The van der Waals surface area contributed by atoms with Crippen molar-refractivity contribution in [3.8, 4) is 11.1 Å². The molecule has 88 valence electrons. The maximum Gasteiger partial charge on any atom is 0.339 e. The number of carbonyl (C=O) groups excluding carboxylic acids is 1. The Kier molecular flexibility index (Phi) is 3.64. The van der Waals surface area contributed by atoms with Gasteiger partial charge in [0, 0.05) is 20.3 Å². The molecular formula is C13H11BrO2S. The minimum Gasteiger partial charge on any atom is -0.465 e. The monoisotopic (exact) mass is 310 g/mol.